The largest absolute Gasteiger partial charge is 0.416 e. The number of nitrogens with zero attached hydrogens (tertiary/aromatic N) is 2. The van der Waals surface area contributed by atoms with Gasteiger partial charge in [-0.15, -0.1) is 0 Å². The molecule has 0 radical (unpaired) electrons. The number of aromatic nitrogens is 1. The molecular weight excluding hydrogens is 319 g/mol. The first-order valence-corrected chi connectivity index (χ1v) is 7.41. The van der Waals surface area contributed by atoms with Gasteiger partial charge >= 0.3 is 6.18 Å². The molecule has 1 heterocycles. The molecule has 0 bridgehead atoms. The molecule has 0 spiro atoms. The molecule has 1 amide bonds. The highest BCUT2D eigenvalue weighted by Gasteiger charge is 2.30. The number of carbonyl (C=O) groups excluding carboxylic acids is 1. The highest BCUT2D eigenvalue weighted by Crippen LogP contribution is 2.29. The fraction of sp³-hybridized carbons (Fsp3) is 0.294. The summed E-state index contributed by atoms with van der Waals surface area (Å²) in [5, 5.41) is 3.84. The second-order valence-corrected chi connectivity index (χ2v) is 5.35. The van der Waals surface area contributed by atoms with Crippen LogP contribution in [-0.4, -0.2) is 16.7 Å². The van der Waals surface area contributed by atoms with E-state index in [4.69, 9.17) is 0 Å². The number of aryl methyl sites for hydroxylation is 1. The first-order valence-electron chi connectivity index (χ1n) is 7.41. The number of benzene rings is 1. The normalized spacial score (nSPS) is 11.9. The molecule has 24 heavy (non-hydrogen) atoms. The third-order valence-corrected chi connectivity index (χ3v) is 3.75. The minimum absolute atomic E-state index is 0.0963. The van der Waals surface area contributed by atoms with E-state index < -0.39 is 17.6 Å². The molecule has 0 unspecified atom stereocenters. The van der Waals surface area contributed by atoms with E-state index in [0.29, 0.717) is 0 Å². The third kappa shape index (κ3) is 3.84. The van der Waals surface area contributed by atoms with Gasteiger partial charge in [0.25, 0.3) is 5.91 Å². The molecule has 1 aromatic carbocycles. The second-order valence-electron chi connectivity index (χ2n) is 5.35. The van der Waals surface area contributed by atoms with Gasteiger partial charge in [0.2, 0.25) is 0 Å². The number of halogens is 3. The number of hydrogen-bond donors (Lipinski definition) is 1. The molecule has 1 aromatic heterocycles. The minimum Gasteiger partial charge on any atom is -0.349 e. The molecule has 2 rings (SSSR count). The van der Waals surface area contributed by atoms with Gasteiger partial charge in [-0.1, -0.05) is 6.07 Å². The predicted molar refractivity (Wildman–Crippen MR) is 86.1 cm³/mol. The Morgan fingerprint density at radius 3 is 2.58 bits per heavy atom. The summed E-state index contributed by atoms with van der Waals surface area (Å²) in [7, 11) is 0. The van der Waals surface area contributed by atoms with Gasteiger partial charge in [-0.2, -0.15) is 18.3 Å². The molecule has 0 fully saturated rings. The summed E-state index contributed by atoms with van der Waals surface area (Å²) in [6.45, 7) is 6.75. The third-order valence-electron chi connectivity index (χ3n) is 3.75. The average Bonchev–Trinajstić information content (AvgIpc) is 2.80. The topological polar surface area (TPSA) is 46.4 Å². The van der Waals surface area contributed by atoms with E-state index in [-0.39, 0.29) is 5.56 Å². The quantitative estimate of drug-likeness (QED) is 0.667. The van der Waals surface area contributed by atoms with Crippen LogP contribution in [0.5, 0.6) is 0 Å². The Morgan fingerprint density at radius 1 is 1.29 bits per heavy atom. The Balaban J connectivity index is 2.11. The number of hydrazone groups is 1. The highest BCUT2D eigenvalue weighted by atomic mass is 19.4. The van der Waals surface area contributed by atoms with Crippen molar-refractivity contribution in [1.82, 2.24) is 9.99 Å². The minimum atomic E-state index is -4.49. The molecule has 0 aliphatic carbocycles. The van der Waals surface area contributed by atoms with Gasteiger partial charge in [-0.05, 0) is 45.0 Å². The van der Waals surface area contributed by atoms with E-state index in [0.717, 1.165) is 35.6 Å². The summed E-state index contributed by atoms with van der Waals surface area (Å²) < 4.78 is 40.1. The summed E-state index contributed by atoms with van der Waals surface area (Å²) in [6, 6.07) is 6.14. The Morgan fingerprint density at radius 2 is 2.00 bits per heavy atom. The summed E-state index contributed by atoms with van der Waals surface area (Å²) in [5.41, 5.74) is 4.21. The molecule has 128 valence electrons. The Hall–Kier alpha value is -2.57. The monoisotopic (exact) mass is 337 g/mol. The lowest BCUT2D eigenvalue weighted by molar-refractivity contribution is -0.137. The SMILES string of the molecule is CCn1c(C)cc(/C=N/NC(=O)c2cccc(C(F)(F)F)c2)c1C. The molecule has 0 aliphatic rings. The Kier molecular flexibility index (Phi) is 5.11. The van der Waals surface area contributed by atoms with Crippen molar-refractivity contribution in [3.05, 3.63) is 58.4 Å². The van der Waals surface area contributed by atoms with Crippen LogP contribution in [0, 0.1) is 13.8 Å². The Bertz CT molecular complexity index is 776. The lowest BCUT2D eigenvalue weighted by Gasteiger charge is -2.07. The Labute approximate surface area is 138 Å². The van der Waals surface area contributed by atoms with Crippen LogP contribution in [0.4, 0.5) is 13.2 Å². The van der Waals surface area contributed by atoms with Gasteiger partial charge < -0.3 is 4.57 Å². The highest BCUT2D eigenvalue weighted by molar-refractivity contribution is 5.95. The molecular formula is C17H18F3N3O. The van der Waals surface area contributed by atoms with Crippen molar-refractivity contribution in [2.45, 2.75) is 33.5 Å². The van der Waals surface area contributed by atoms with Crippen LogP contribution in [0.25, 0.3) is 0 Å². The van der Waals surface area contributed by atoms with Crippen molar-refractivity contribution in [3.63, 3.8) is 0 Å². The average molecular weight is 337 g/mol. The zero-order valence-corrected chi connectivity index (χ0v) is 13.6. The molecule has 4 nitrogen and oxygen atoms in total. The van der Waals surface area contributed by atoms with E-state index in [9.17, 15) is 18.0 Å². The maximum absolute atomic E-state index is 12.7. The van der Waals surface area contributed by atoms with Crippen LogP contribution in [0.2, 0.25) is 0 Å². The number of hydrogen-bond acceptors (Lipinski definition) is 2. The van der Waals surface area contributed by atoms with Gasteiger partial charge in [0, 0.05) is 29.1 Å². The van der Waals surface area contributed by atoms with Crippen LogP contribution in [0.15, 0.2) is 35.4 Å². The molecule has 2 aromatic rings. The molecule has 0 atom stereocenters. The van der Waals surface area contributed by atoms with Gasteiger partial charge in [-0.25, -0.2) is 5.43 Å². The lowest BCUT2D eigenvalue weighted by atomic mass is 10.1. The second kappa shape index (κ2) is 6.90. The number of alkyl halides is 3. The van der Waals surface area contributed by atoms with Crippen LogP contribution in [0.3, 0.4) is 0 Å². The van der Waals surface area contributed by atoms with E-state index in [1.54, 1.807) is 0 Å². The number of rotatable bonds is 4. The smallest absolute Gasteiger partial charge is 0.349 e. The van der Waals surface area contributed by atoms with Crippen LogP contribution >= 0.6 is 0 Å². The van der Waals surface area contributed by atoms with Crippen LogP contribution in [-0.2, 0) is 12.7 Å². The molecule has 0 saturated heterocycles. The molecule has 0 aliphatic heterocycles. The fourth-order valence-corrected chi connectivity index (χ4v) is 2.51. The van der Waals surface area contributed by atoms with Crippen molar-refractivity contribution in [2.75, 3.05) is 0 Å². The zero-order valence-electron chi connectivity index (χ0n) is 13.6. The van der Waals surface area contributed by atoms with Crippen molar-refractivity contribution >= 4 is 12.1 Å². The van der Waals surface area contributed by atoms with Crippen molar-refractivity contribution in [2.24, 2.45) is 5.10 Å². The van der Waals surface area contributed by atoms with Gasteiger partial charge in [0.1, 0.15) is 0 Å². The summed E-state index contributed by atoms with van der Waals surface area (Å²) in [6.07, 6.45) is -3.00. The zero-order chi connectivity index (χ0) is 17.9. The molecule has 7 heteroatoms. The van der Waals surface area contributed by atoms with E-state index >= 15 is 0 Å². The fourth-order valence-electron chi connectivity index (χ4n) is 2.51. The van der Waals surface area contributed by atoms with E-state index in [1.165, 1.54) is 18.3 Å². The first kappa shape index (κ1) is 17.8. The maximum atomic E-state index is 12.7. The standard InChI is InChI=1S/C17H18F3N3O/c1-4-23-11(2)8-14(12(23)3)10-21-22-16(24)13-6-5-7-15(9-13)17(18,19)20/h5-10H,4H2,1-3H3,(H,22,24)/b21-10+. The molecule has 0 saturated carbocycles. The van der Waals surface area contributed by atoms with Gasteiger partial charge in [0.15, 0.2) is 0 Å². The number of nitrogens with one attached hydrogen (secondary N) is 1. The van der Waals surface area contributed by atoms with Crippen molar-refractivity contribution < 1.29 is 18.0 Å². The van der Waals surface area contributed by atoms with Crippen molar-refractivity contribution in [1.29, 1.82) is 0 Å². The predicted octanol–water partition coefficient (Wildman–Crippen LogP) is 3.91. The summed E-state index contributed by atoms with van der Waals surface area (Å²) >= 11 is 0. The lowest BCUT2D eigenvalue weighted by Crippen LogP contribution is -2.18. The summed E-state index contributed by atoms with van der Waals surface area (Å²) in [5.74, 6) is -0.693. The number of carbonyl (C=O) groups is 1. The molecule has 1 N–H and O–H groups in total. The van der Waals surface area contributed by atoms with E-state index in [2.05, 4.69) is 15.1 Å². The van der Waals surface area contributed by atoms with Crippen LogP contribution < -0.4 is 5.43 Å². The van der Waals surface area contributed by atoms with Gasteiger partial charge in [-0.3, -0.25) is 4.79 Å². The number of amides is 1. The van der Waals surface area contributed by atoms with E-state index in [1.807, 2.05) is 26.8 Å². The van der Waals surface area contributed by atoms with Crippen LogP contribution in [0.1, 0.15) is 39.8 Å². The van der Waals surface area contributed by atoms with Crippen molar-refractivity contribution in [3.8, 4) is 0 Å². The van der Waals surface area contributed by atoms with Gasteiger partial charge in [0.05, 0.1) is 11.8 Å². The first-order chi connectivity index (χ1) is 11.2. The maximum Gasteiger partial charge on any atom is 0.416 e. The summed E-state index contributed by atoms with van der Waals surface area (Å²) in [4.78, 5) is 11.9.